The number of rotatable bonds is 3. The van der Waals surface area contributed by atoms with E-state index in [0.717, 1.165) is 32.1 Å². The van der Waals surface area contributed by atoms with Crippen molar-refractivity contribution in [2.75, 3.05) is 0 Å². The van der Waals surface area contributed by atoms with Gasteiger partial charge in [0.25, 0.3) is 5.91 Å². The Kier molecular flexibility index (Phi) is 4.34. The van der Waals surface area contributed by atoms with Crippen LogP contribution in [0.3, 0.4) is 0 Å². The number of primary amides is 1. The maximum Gasteiger partial charge on any atom is 0.334 e. The third-order valence-electron chi connectivity index (χ3n) is 2.49. The Labute approximate surface area is 89.5 Å². The Morgan fingerprint density at radius 3 is 2.80 bits per heavy atom. The molecule has 0 spiro atoms. The lowest BCUT2D eigenvalue weighted by Gasteiger charge is -2.10. The van der Waals surface area contributed by atoms with Gasteiger partial charge in [0.15, 0.2) is 6.10 Å². The molecule has 84 valence electrons. The molecule has 0 aromatic carbocycles. The van der Waals surface area contributed by atoms with Gasteiger partial charge in [0.2, 0.25) is 0 Å². The number of hydrogen-bond acceptors (Lipinski definition) is 3. The SMILES string of the molecule is CC(OC(=O)C1=CCCCCC1)C(N)=O. The minimum absolute atomic E-state index is 0.400. The van der Waals surface area contributed by atoms with Gasteiger partial charge in [0.05, 0.1) is 0 Å². The molecule has 0 aromatic heterocycles. The number of hydrogen-bond donors (Lipinski definition) is 1. The van der Waals surface area contributed by atoms with Gasteiger partial charge in [0, 0.05) is 5.57 Å². The minimum Gasteiger partial charge on any atom is -0.449 e. The molecule has 1 unspecified atom stereocenters. The Bertz CT molecular complexity index is 284. The van der Waals surface area contributed by atoms with Crippen molar-refractivity contribution in [1.82, 2.24) is 0 Å². The van der Waals surface area contributed by atoms with Crippen LogP contribution in [0.2, 0.25) is 0 Å². The van der Waals surface area contributed by atoms with Gasteiger partial charge in [0.1, 0.15) is 0 Å². The van der Waals surface area contributed by atoms with E-state index in [0.29, 0.717) is 5.57 Å². The number of allylic oxidation sites excluding steroid dienone is 1. The highest BCUT2D eigenvalue weighted by Crippen LogP contribution is 2.18. The fraction of sp³-hybridized carbons (Fsp3) is 0.636. The number of esters is 1. The Morgan fingerprint density at radius 2 is 2.13 bits per heavy atom. The van der Waals surface area contributed by atoms with E-state index in [4.69, 9.17) is 10.5 Å². The second-order valence-electron chi connectivity index (χ2n) is 3.78. The molecule has 1 aliphatic carbocycles. The largest absolute Gasteiger partial charge is 0.449 e. The van der Waals surface area contributed by atoms with E-state index in [9.17, 15) is 9.59 Å². The van der Waals surface area contributed by atoms with Crippen molar-refractivity contribution in [2.45, 2.75) is 45.1 Å². The third-order valence-corrected chi connectivity index (χ3v) is 2.49. The predicted octanol–water partition coefficient (Wildman–Crippen LogP) is 1.29. The van der Waals surface area contributed by atoms with Gasteiger partial charge in [-0.15, -0.1) is 0 Å². The van der Waals surface area contributed by atoms with Crippen LogP contribution in [0.5, 0.6) is 0 Å². The quantitative estimate of drug-likeness (QED) is 0.715. The molecule has 1 aliphatic rings. The van der Waals surface area contributed by atoms with E-state index in [2.05, 4.69) is 0 Å². The van der Waals surface area contributed by atoms with Crippen LogP contribution < -0.4 is 5.73 Å². The van der Waals surface area contributed by atoms with Crippen molar-refractivity contribution in [3.05, 3.63) is 11.6 Å². The highest BCUT2D eigenvalue weighted by Gasteiger charge is 2.18. The zero-order valence-corrected chi connectivity index (χ0v) is 8.99. The molecule has 4 nitrogen and oxygen atoms in total. The predicted molar refractivity (Wildman–Crippen MR) is 55.9 cm³/mol. The van der Waals surface area contributed by atoms with Crippen LogP contribution in [-0.2, 0) is 14.3 Å². The average Bonchev–Trinajstić information content (AvgIpc) is 2.45. The monoisotopic (exact) mass is 211 g/mol. The summed E-state index contributed by atoms with van der Waals surface area (Å²) in [4.78, 5) is 22.3. The number of amides is 1. The Morgan fingerprint density at radius 1 is 1.40 bits per heavy atom. The molecule has 0 radical (unpaired) electrons. The first-order valence-corrected chi connectivity index (χ1v) is 5.30. The van der Waals surface area contributed by atoms with E-state index >= 15 is 0 Å². The zero-order chi connectivity index (χ0) is 11.3. The van der Waals surface area contributed by atoms with Crippen LogP contribution >= 0.6 is 0 Å². The molecule has 0 saturated carbocycles. The van der Waals surface area contributed by atoms with Crippen molar-refractivity contribution >= 4 is 11.9 Å². The average molecular weight is 211 g/mol. The Hall–Kier alpha value is -1.32. The number of carbonyl (C=O) groups is 2. The fourth-order valence-electron chi connectivity index (χ4n) is 1.49. The lowest BCUT2D eigenvalue weighted by atomic mass is 10.1. The maximum atomic E-state index is 11.6. The summed E-state index contributed by atoms with van der Waals surface area (Å²) < 4.78 is 4.93. The molecule has 0 heterocycles. The summed E-state index contributed by atoms with van der Waals surface area (Å²) in [5, 5.41) is 0. The first-order chi connectivity index (χ1) is 7.11. The molecule has 15 heavy (non-hydrogen) atoms. The van der Waals surface area contributed by atoms with Gasteiger partial charge < -0.3 is 10.5 Å². The highest BCUT2D eigenvalue weighted by atomic mass is 16.5. The minimum atomic E-state index is -0.846. The first kappa shape index (κ1) is 11.8. The molecule has 1 amide bonds. The molecule has 0 aliphatic heterocycles. The second-order valence-corrected chi connectivity index (χ2v) is 3.78. The van der Waals surface area contributed by atoms with Crippen LogP contribution in [0.25, 0.3) is 0 Å². The van der Waals surface area contributed by atoms with Gasteiger partial charge in [-0.05, 0) is 32.6 Å². The number of nitrogens with two attached hydrogens (primary N) is 1. The molecule has 0 saturated heterocycles. The molecule has 4 heteroatoms. The van der Waals surface area contributed by atoms with Gasteiger partial charge in [-0.2, -0.15) is 0 Å². The summed E-state index contributed by atoms with van der Waals surface area (Å²) in [6.07, 6.45) is 5.97. The van der Waals surface area contributed by atoms with E-state index in [1.165, 1.54) is 6.92 Å². The fourth-order valence-corrected chi connectivity index (χ4v) is 1.49. The summed E-state index contributed by atoms with van der Waals surface area (Å²) in [6.45, 7) is 1.48. The van der Waals surface area contributed by atoms with Crippen LogP contribution in [0, 0.1) is 0 Å². The summed E-state index contributed by atoms with van der Waals surface area (Å²) in [7, 11) is 0. The van der Waals surface area contributed by atoms with Crippen molar-refractivity contribution in [3.63, 3.8) is 0 Å². The third kappa shape index (κ3) is 3.73. The van der Waals surface area contributed by atoms with E-state index in [1.54, 1.807) is 0 Å². The molecule has 2 N–H and O–H groups in total. The lowest BCUT2D eigenvalue weighted by Crippen LogP contribution is -2.30. The van der Waals surface area contributed by atoms with Gasteiger partial charge in [-0.1, -0.05) is 12.5 Å². The van der Waals surface area contributed by atoms with E-state index < -0.39 is 18.0 Å². The normalized spacial score (nSPS) is 18.6. The van der Waals surface area contributed by atoms with E-state index in [-0.39, 0.29) is 0 Å². The maximum absolute atomic E-state index is 11.6. The smallest absolute Gasteiger partial charge is 0.334 e. The lowest BCUT2D eigenvalue weighted by molar-refractivity contribution is -0.150. The summed E-state index contributed by atoms with van der Waals surface area (Å²) in [5.41, 5.74) is 5.69. The molecular weight excluding hydrogens is 194 g/mol. The standard InChI is InChI=1S/C11H17NO3/c1-8(10(12)13)15-11(14)9-6-4-2-3-5-7-9/h6,8H,2-5,7H2,1H3,(H2,12,13). The molecule has 0 aromatic rings. The van der Waals surface area contributed by atoms with Crippen LogP contribution in [-0.4, -0.2) is 18.0 Å². The summed E-state index contributed by atoms with van der Waals surface area (Å²) >= 11 is 0. The van der Waals surface area contributed by atoms with Gasteiger partial charge in [-0.3, -0.25) is 4.79 Å². The summed E-state index contributed by atoms with van der Waals surface area (Å²) in [5.74, 6) is -1.01. The molecule has 1 rings (SSSR count). The number of carbonyl (C=O) groups excluding carboxylic acids is 2. The molecule has 1 atom stereocenters. The molecule has 0 fully saturated rings. The molecular formula is C11H17NO3. The van der Waals surface area contributed by atoms with Gasteiger partial charge >= 0.3 is 5.97 Å². The summed E-state index contributed by atoms with van der Waals surface area (Å²) in [6, 6.07) is 0. The first-order valence-electron chi connectivity index (χ1n) is 5.30. The van der Waals surface area contributed by atoms with Crippen molar-refractivity contribution in [1.29, 1.82) is 0 Å². The van der Waals surface area contributed by atoms with Crippen LogP contribution in [0.15, 0.2) is 11.6 Å². The van der Waals surface area contributed by atoms with Crippen LogP contribution in [0.4, 0.5) is 0 Å². The van der Waals surface area contributed by atoms with Crippen molar-refractivity contribution in [2.24, 2.45) is 5.73 Å². The highest BCUT2D eigenvalue weighted by molar-refractivity contribution is 5.91. The second kappa shape index (κ2) is 5.53. The van der Waals surface area contributed by atoms with E-state index in [1.807, 2.05) is 6.08 Å². The topological polar surface area (TPSA) is 69.4 Å². The number of ether oxygens (including phenoxy) is 1. The Balaban J connectivity index is 2.51. The van der Waals surface area contributed by atoms with Crippen molar-refractivity contribution < 1.29 is 14.3 Å². The van der Waals surface area contributed by atoms with Crippen molar-refractivity contribution in [3.8, 4) is 0 Å². The zero-order valence-electron chi connectivity index (χ0n) is 8.99. The van der Waals surface area contributed by atoms with Crippen LogP contribution in [0.1, 0.15) is 39.0 Å². The van der Waals surface area contributed by atoms with Gasteiger partial charge in [-0.25, -0.2) is 4.79 Å². The molecule has 0 bridgehead atoms.